The summed E-state index contributed by atoms with van der Waals surface area (Å²) in [5.74, 6) is -0.604. The van der Waals surface area contributed by atoms with Crippen LogP contribution in [0, 0.1) is 0 Å². The molecule has 1 aliphatic carbocycles. The number of fused-ring (bicyclic) bond motifs is 1. The molecule has 1 unspecified atom stereocenters. The summed E-state index contributed by atoms with van der Waals surface area (Å²) in [5, 5.41) is 5.38. The van der Waals surface area contributed by atoms with E-state index in [-0.39, 0.29) is 23.1 Å². The highest BCUT2D eigenvalue weighted by molar-refractivity contribution is 6.04. The van der Waals surface area contributed by atoms with Crippen LogP contribution in [0.3, 0.4) is 0 Å². The number of carbonyl (C=O) groups excluding carboxylic acids is 2. The molecule has 2 aromatic heterocycles. The summed E-state index contributed by atoms with van der Waals surface area (Å²) < 4.78 is 1.58. The van der Waals surface area contributed by atoms with E-state index in [1.165, 1.54) is 6.07 Å². The molecule has 0 bridgehead atoms. The number of benzene rings is 1. The highest BCUT2D eigenvalue weighted by atomic mass is 16.2. The fourth-order valence-corrected chi connectivity index (χ4v) is 3.83. The van der Waals surface area contributed by atoms with Crippen LogP contribution in [0.25, 0.3) is 0 Å². The Morgan fingerprint density at radius 1 is 1.03 bits per heavy atom. The minimum Gasteiger partial charge on any atom is -0.355 e. The summed E-state index contributed by atoms with van der Waals surface area (Å²) in [6.45, 7) is 0. The highest BCUT2D eigenvalue weighted by Gasteiger charge is 2.29. The third kappa shape index (κ3) is 3.42. The third-order valence-electron chi connectivity index (χ3n) is 5.20. The van der Waals surface area contributed by atoms with E-state index in [4.69, 9.17) is 0 Å². The fraction of sp³-hybridized carbons (Fsp3) is 0.182. The Hall–Kier alpha value is -3.74. The Kier molecular flexibility index (Phi) is 4.95. The molecule has 146 valence electrons. The number of nitrogens with zero attached hydrogens (tertiary/aromatic N) is 2. The van der Waals surface area contributed by atoms with E-state index in [0.717, 1.165) is 11.1 Å². The van der Waals surface area contributed by atoms with E-state index in [1.807, 2.05) is 12.1 Å². The Balaban J connectivity index is 1.69. The number of anilines is 1. The van der Waals surface area contributed by atoms with E-state index in [2.05, 4.69) is 15.6 Å². The molecule has 2 heterocycles. The van der Waals surface area contributed by atoms with Gasteiger partial charge in [0, 0.05) is 36.9 Å². The van der Waals surface area contributed by atoms with Gasteiger partial charge in [0.25, 0.3) is 17.4 Å². The molecule has 0 spiro atoms. The molecule has 7 nitrogen and oxygen atoms in total. The SMILES string of the molecule is CNC(=O)c1cccc2c1CCC2n1cccc(C(=O)Nc2ccncc2)c1=O. The minimum atomic E-state index is -0.465. The van der Waals surface area contributed by atoms with Gasteiger partial charge in [-0.3, -0.25) is 19.4 Å². The number of pyridine rings is 2. The number of aromatic nitrogens is 2. The summed E-state index contributed by atoms with van der Waals surface area (Å²) in [7, 11) is 1.60. The maximum Gasteiger partial charge on any atom is 0.263 e. The van der Waals surface area contributed by atoms with Crippen molar-refractivity contribution in [1.29, 1.82) is 0 Å². The van der Waals surface area contributed by atoms with Crippen molar-refractivity contribution >= 4 is 17.5 Å². The number of hydrogen-bond acceptors (Lipinski definition) is 4. The van der Waals surface area contributed by atoms with Crippen LogP contribution in [0.1, 0.15) is 44.3 Å². The van der Waals surface area contributed by atoms with E-state index in [0.29, 0.717) is 24.1 Å². The zero-order chi connectivity index (χ0) is 20.4. The van der Waals surface area contributed by atoms with Crippen LogP contribution in [0.4, 0.5) is 5.69 Å². The van der Waals surface area contributed by atoms with E-state index >= 15 is 0 Å². The van der Waals surface area contributed by atoms with Crippen LogP contribution in [0.15, 0.2) is 65.8 Å². The molecule has 0 saturated heterocycles. The van der Waals surface area contributed by atoms with Gasteiger partial charge in [-0.2, -0.15) is 0 Å². The number of amides is 2. The standard InChI is InChI=1S/C22H20N4O3/c1-23-20(27)17-5-2-4-16-15(17)7-8-19(16)26-13-3-6-18(22(26)29)21(28)25-14-9-11-24-12-10-14/h2-6,9-13,19H,7-8H2,1H3,(H,23,27)(H,24,25,28). The van der Waals surface area contributed by atoms with Gasteiger partial charge < -0.3 is 15.2 Å². The first-order valence-electron chi connectivity index (χ1n) is 9.36. The average Bonchev–Trinajstić information content (AvgIpc) is 3.18. The van der Waals surface area contributed by atoms with Crippen molar-refractivity contribution in [1.82, 2.24) is 14.9 Å². The van der Waals surface area contributed by atoms with Gasteiger partial charge in [-0.15, -0.1) is 0 Å². The van der Waals surface area contributed by atoms with Gasteiger partial charge in [-0.1, -0.05) is 12.1 Å². The highest BCUT2D eigenvalue weighted by Crippen LogP contribution is 2.35. The molecule has 1 aliphatic rings. The molecule has 0 saturated carbocycles. The molecule has 7 heteroatoms. The summed E-state index contributed by atoms with van der Waals surface area (Å²) in [4.78, 5) is 41.8. The predicted octanol–water partition coefficient (Wildman–Crippen LogP) is 2.39. The van der Waals surface area contributed by atoms with Gasteiger partial charge in [-0.25, -0.2) is 0 Å². The molecule has 2 N–H and O–H groups in total. The normalized spacial score (nSPS) is 14.9. The van der Waals surface area contributed by atoms with Gasteiger partial charge in [0.15, 0.2) is 0 Å². The fourth-order valence-electron chi connectivity index (χ4n) is 3.83. The zero-order valence-corrected chi connectivity index (χ0v) is 15.9. The molecule has 2 amide bonds. The molecule has 29 heavy (non-hydrogen) atoms. The first kappa shape index (κ1) is 18.6. The zero-order valence-electron chi connectivity index (χ0n) is 15.9. The number of hydrogen-bond donors (Lipinski definition) is 2. The Morgan fingerprint density at radius 2 is 1.79 bits per heavy atom. The lowest BCUT2D eigenvalue weighted by molar-refractivity contribution is 0.0961. The number of rotatable bonds is 4. The third-order valence-corrected chi connectivity index (χ3v) is 5.20. The second-order valence-electron chi connectivity index (χ2n) is 6.83. The largest absolute Gasteiger partial charge is 0.355 e. The van der Waals surface area contributed by atoms with Gasteiger partial charge in [0.2, 0.25) is 0 Å². The van der Waals surface area contributed by atoms with Crippen molar-refractivity contribution in [3.05, 3.63) is 93.7 Å². The first-order chi connectivity index (χ1) is 14.1. The van der Waals surface area contributed by atoms with Crippen LogP contribution < -0.4 is 16.2 Å². The van der Waals surface area contributed by atoms with Crippen LogP contribution in [0.2, 0.25) is 0 Å². The summed E-state index contributed by atoms with van der Waals surface area (Å²) in [5.41, 5.74) is 2.81. The average molecular weight is 388 g/mol. The first-order valence-corrected chi connectivity index (χ1v) is 9.36. The van der Waals surface area contributed by atoms with Crippen LogP contribution >= 0.6 is 0 Å². The smallest absolute Gasteiger partial charge is 0.263 e. The quantitative estimate of drug-likeness (QED) is 0.718. The molecule has 0 aliphatic heterocycles. The van der Waals surface area contributed by atoms with Gasteiger partial charge in [-0.05, 0) is 54.3 Å². The lowest BCUT2D eigenvalue weighted by Crippen LogP contribution is -2.31. The van der Waals surface area contributed by atoms with Crippen molar-refractivity contribution in [2.45, 2.75) is 18.9 Å². The predicted molar refractivity (Wildman–Crippen MR) is 109 cm³/mol. The van der Waals surface area contributed by atoms with Crippen molar-refractivity contribution in [2.24, 2.45) is 0 Å². The van der Waals surface area contributed by atoms with Crippen molar-refractivity contribution in [3.8, 4) is 0 Å². The Morgan fingerprint density at radius 3 is 2.55 bits per heavy atom. The molecule has 4 rings (SSSR count). The van der Waals surface area contributed by atoms with Crippen molar-refractivity contribution in [3.63, 3.8) is 0 Å². The van der Waals surface area contributed by atoms with E-state index in [9.17, 15) is 14.4 Å². The number of carbonyl (C=O) groups is 2. The second-order valence-corrected chi connectivity index (χ2v) is 6.83. The molecular weight excluding hydrogens is 368 g/mol. The van der Waals surface area contributed by atoms with Gasteiger partial charge in [0.1, 0.15) is 5.56 Å². The Labute approximate surface area is 167 Å². The van der Waals surface area contributed by atoms with Crippen LogP contribution in [-0.2, 0) is 6.42 Å². The monoisotopic (exact) mass is 388 g/mol. The lowest BCUT2D eigenvalue weighted by Gasteiger charge is -2.17. The summed E-state index contributed by atoms with van der Waals surface area (Å²) in [6.07, 6.45) is 6.22. The lowest BCUT2D eigenvalue weighted by atomic mass is 10.0. The van der Waals surface area contributed by atoms with Crippen molar-refractivity contribution in [2.75, 3.05) is 12.4 Å². The molecular formula is C22H20N4O3. The minimum absolute atomic E-state index is 0.0696. The molecule has 0 radical (unpaired) electrons. The molecule has 1 atom stereocenters. The maximum atomic E-state index is 13.1. The van der Waals surface area contributed by atoms with Gasteiger partial charge >= 0.3 is 0 Å². The topological polar surface area (TPSA) is 93.1 Å². The van der Waals surface area contributed by atoms with Crippen molar-refractivity contribution < 1.29 is 9.59 Å². The van der Waals surface area contributed by atoms with E-state index in [1.54, 1.807) is 54.5 Å². The maximum absolute atomic E-state index is 13.1. The summed E-state index contributed by atoms with van der Waals surface area (Å²) in [6, 6.07) is 11.9. The Bertz CT molecular complexity index is 1140. The summed E-state index contributed by atoms with van der Waals surface area (Å²) >= 11 is 0. The number of nitrogens with one attached hydrogen (secondary N) is 2. The van der Waals surface area contributed by atoms with Gasteiger partial charge in [0.05, 0.1) is 6.04 Å². The molecule has 3 aromatic rings. The second kappa shape index (κ2) is 7.71. The van der Waals surface area contributed by atoms with Crippen LogP contribution in [0.5, 0.6) is 0 Å². The molecule has 1 aromatic carbocycles. The van der Waals surface area contributed by atoms with E-state index < -0.39 is 5.91 Å². The van der Waals surface area contributed by atoms with Crippen LogP contribution in [-0.4, -0.2) is 28.4 Å². The molecule has 0 fully saturated rings.